The van der Waals surface area contributed by atoms with Gasteiger partial charge in [0.05, 0.1) is 0 Å². The Morgan fingerprint density at radius 2 is 1.64 bits per heavy atom. The van der Waals surface area contributed by atoms with Crippen LogP contribution in [-0.4, -0.2) is 54.0 Å². The van der Waals surface area contributed by atoms with E-state index in [-0.39, 0.29) is 18.0 Å². The molecule has 0 aromatic heterocycles. The summed E-state index contributed by atoms with van der Waals surface area (Å²) in [4.78, 5) is 28.2. The number of rotatable bonds is 2. The number of nitrogens with zero attached hydrogens (tertiary/aromatic N) is 2. The summed E-state index contributed by atoms with van der Waals surface area (Å²) in [7, 11) is 0. The highest BCUT2D eigenvalue weighted by Crippen LogP contribution is 2.14. The zero-order valence-electron chi connectivity index (χ0n) is 13.0. The summed E-state index contributed by atoms with van der Waals surface area (Å²) in [6.07, 6.45) is 0.799. The van der Waals surface area contributed by atoms with Crippen LogP contribution in [0.3, 0.4) is 0 Å². The monoisotopic (exact) mass is 367 g/mol. The second-order valence-electron chi connectivity index (χ2n) is 5.74. The number of nitrogens with one attached hydrogen (secondary N) is 1. The molecule has 22 heavy (non-hydrogen) atoms. The lowest BCUT2D eigenvalue weighted by atomic mass is 10.2. The van der Waals surface area contributed by atoms with Gasteiger partial charge in [-0.1, -0.05) is 15.9 Å². The molecule has 1 aliphatic heterocycles. The Hall–Kier alpha value is -1.56. The fraction of sp³-hybridized carbons (Fsp3) is 0.500. The average molecular weight is 368 g/mol. The summed E-state index contributed by atoms with van der Waals surface area (Å²) in [5, 5.41) is 2.90. The van der Waals surface area contributed by atoms with Gasteiger partial charge in [-0.15, -0.1) is 0 Å². The topological polar surface area (TPSA) is 52.7 Å². The first-order valence-electron chi connectivity index (χ1n) is 7.57. The van der Waals surface area contributed by atoms with E-state index in [2.05, 4.69) is 21.2 Å². The Labute approximate surface area is 139 Å². The molecule has 0 unspecified atom stereocenters. The van der Waals surface area contributed by atoms with Gasteiger partial charge in [-0.05, 0) is 44.5 Å². The Balaban J connectivity index is 1.96. The van der Waals surface area contributed by atoms with Crippen molar-refractivity contribution in [1.82, 2.24) is 15.1 Å². The van der Waals surface area contributed by atoms with Gasteiger partial charge >= 0.3 is 6.03 Å². The zero-order valence-corrected chi connectivity index (χ0v) is 14.6. The van der Waals surface area contributed by atoms with Gasteiger partial charge in [0.15, 0.2) is 0 Å². The number of halogens is 1. The van der Waals surface area contributed by atoms with E-state index in [1.54, 1.807) is 4.90 Å². The first-order valence-corrected chi connectivity index (χ1v) is 8.37. The van der Waals surface area contributed by atoms with Gasteiger partial charge in [-0.2, -0.15) is 0 Å². The molecule has 1 N–H and O–H groups in total. The maximum absolute atomic E-state index is 12.5. The highest BCUT2D eigenvalue weighted by atomic mass is 79.9. The molecule has 0 spiro atoms. The van der Waals surface area contributed by atoms with E-state index in [1.807, 2.05) is 43.0 Å². The predicted octanol–water partition coefficient (Wildman–Crippen LogP) is 2.72. The molecule has 1 saturated heterocycles. The van der Waals surface area contributed by atoms with Crippen LogP contribution >= 0.6 is 15.9 Å². The Bertz CT molecular complexity index is 531. The van der Waals surface area contributed by atoms with Crippen molar-refractivity contribution in [1.29, 1.82) is 0 Å². The van der Waals surface area contributed by atoms with Crippen LogP contribution in [0.15, 0.2) is 28.7 Å². The van der Waals surface area contributed by atoms with E-state index in [4.69, 9.17) is 0 Å². The van der Waals surface area contributed by atoms with Gasteiger partial charge < -0.3 is 15.1 Å². The molecule has 1 aromatic rings. The minimum Gasteiger partial charge on any atom is -0.337 e. The molecule has 0 bridgehead atoms. The number of hydrogen-bond donors (Lipinski definition) is 1. The van der Waals surface area contributed by atoms with Crippen molar-refractivity contribution < 1.29 is 9.59 Å². The first-order chi connectivity index (χ1) is 10.5. The number of carbonyl (C=O) groups is 2. The third-order valence-electron chi connectivity index (χ3n) is 3.57. The summed E-state index contributed by atoms with van der Waals surface area (Å²) in [6.45, 7) is 6.39. The van der Waals surface area contributed by atoms with E-state index in [0.717, 1.165) is 10.9 Å². The van der Waals surface area contributed by atoms with Crippen LogP contribution in [0.25, 0.3) is 0 Å². The first kappa shape index (κ1) is 16.8. The molecule has 5 nitrogen and oxygen atoms in total. The lowest BCUT2D eigenvalue weighted by molar-refractivity contribution is 0.0762. The van der Waals surface area contributed by atoms with Crippen LogP contribution in [0, 0.1) is 0 Å². The lowest BCUT2D eigenvalue weighted by Crippen LogP contribution is -2.44. The molecule has 0 atom stereocenters. The van der Waals surface area contributed by atoms with Crippen molar-refractivity contribution in [3.05, 3.63) is 34.3 Å². The summed E-state index contributed by atoms with van der Waals surface area (Å²) in [5.74, 6) is 0.0265. The van der Waals surface area contributed by atoms with Crippen LogP contribution in [0.5, 0.6) is 0 Å². The fourth-order valence-electron chi connectivity index (χ4n) is 2.44. The van der Waals surface area contributed by atoms with Gasteiger partial charge in [-0.3, -0.25) is 4.79 Å². The summed E-state index contributed by atoms with van der Waals surface area (Å²) < 4.78 is 0.955. The predicted molar refractivity (Wildman–Crippen MR) is 89.9 cm³/mol. The van der Waals surface area contributed by atoms with Gasteiger partial charge in [0.2, 0.25) is 0 Å². The number of urea groups is 1. The molecule has 120 valence electrons. The maximum atomic E-state index is 12.5. The molecule has 1 fully saturated rings. The second-order valence-corrected chi connectivity index (χ2v) is 6.66. The van der Waals surface area contributed by atoms with Gasteiger partial charge in [-0.25, -0.2) is 4.79 Å². The molecule has 0 radical (unpaired) electrons. The van der Waals surface area contributed by atoms with E-state index < -0.39 is 0 Å². The Kier molecular flexibility index (Phi) is 5.83. The van der Waals surface area contributed by atoms with E-state index in [1.165, 1.54) is 0 Å². The van der Waals surface area contributed by atoms with Crippen molar-refractivity contribution in [2.45, 2.75) is 26.3 Å². The van der Waals surface area contributed by atoms with Crippen LogP contribution in [0.1, 0.15) is 30.6 Å². The summed E-state index contributed by atoms with van der Waals surface area (Å²) in [6, 6.07) is 7.45. The average Bonchev–Trinajstić information content (AvgIpc) is 2.72. The van der Waals surface area contributed by atoms with Crippen molar-refractivity contribution in [2.24, 2.45) is 0 Å². The summed E-state index contributed by atoms with van der Waals surface area (Å²) >= 11 is 3.37. The van der Waals surface area contributed by atoms with Crippen LogP contribution in [0.4, 0.5) is 4.79 Å². The van der Waals surface area contributed by atoms with Crippen LogP contribution in [0.2, 0.25) is 0 Å². The molecule has 0 aliphatic carbocycles. The number of carbonyl (C=O) groups excluding carboxylic acids is 2. The SMILES string of the molecule is CC(C)NC(=O)N1CCCN(C(=O)c2ccc(Br)cc2)CC1. The smallest absolute Gasteiger partial charge is 0.317 e. The van der Waals surface area contributed by atoms with Crippen molar-refractivity contribution in [3.8, 4) is 0 Å². The number of benzene rings is 1. The van der Waals surface area contributed by atoms with Gasteiger partial charge in [0.1, 0.15) is 0 Å². The third-order valence-corrected chi connectivity index (χ3v) is 4.10. The van der Waals surface area contributed by atoms with Crippen molar-refractivity contribution in [3.63, 3.8) is 0 Å². The minimum atomic E-state index is -0.0482. The molecule has 1 aromatic carbocycles. The maximum Gasteiger partial charge on any atom is 0.317 e. The van der Waals surface area contributed by atoms with Crippen LogP contribution < -0.4 is 5.32 Å². The minimum absolute atomic E-state index is 0.0265. The molecule has 6 heteroatoms. The highest BCUT2D eigenvalue weighted by molar-refractivity contribution is 9.10. The quantitative estimate of drug-likeness (QED) is 0.873. The largest absolute Gasteiger partial charge is 0.337 e. The van der Waals surface area contributed by atoms with Gasteiger partial charge in [0, 0.05) is 42.3 Å². The molecular weight excluding hydrogens is 346 g/mol. The van der Waals surface area contributed by atoms with Gasteiger partial charge in [0.25, 0.3) is 5.91 Å². The number of amides is 3. The fourth-order valence-corrected chi connectivity index (χ4v) is 2.70. The van der Waals surface area contributed by atoms with Crippen LogP contribution in [-0.2, 0) is 0 Å². The molecule has 1 aliphatic rings. The van der Waals surface area contributed by atoms with E-state index in [9.17, 15) is 9.59 Å². The van der Waals surface area contributed by atoms with E-state index in [0.29, 0.717) is 31.7 Å². The molecular formula is C16H22BrN3O2. The third kappa shape index (κ3) is 4.47. The summed E-state index contributed by atoms with van der Waals surface area (Å²) in [5.41, 5.74) is 0.684. The van der Waals surface area contributed by atoms with Crippen molar-refractivity contribution >= 4 is 27.9 Å². The van der Waals surface area contributed by atoms with E-state index >= 15 is 0 Å². The molecule has 1 heterocycles. The highest BCUT2D eigenvalue weighted by Gasteiger charge is 2.22. The second kappa shape index (κ2) is 7.63. The zero-order chi connectivity index (χ0) is 16.1. The molecule has 2 rings (SSSR count). The molecule has 0 saturated carbocycles. The Morgan fingerprint density at radius 3 is 2.27 bits per heavy atom. The van der Waals surface area contributed by atoms with Crippen molar-refractivity contribution in [2.75, 3.05) is 26.2 Å². The number of hydrogen-bond acceptors (Lipinski definition) is 2. The Morgan fingerprint density at radius 1 is 1.05 bits per heavy atom. The normalized spacial score (nSPS) is 15.6. The lowest BCUT2D eigenvalue weighted by Gasteiger charge is -2.23. The molecule has 3 amide bonds. The standard InChI is InChI=1S/C16H22BrN3O2/c1-12(2)18-16(22)20-9-3-8-19(10-11-20)15(21)13-4-6-14(17)7-5-13/h4-7,12H,3,8-11H2,1-2H3,(H,18,22).